The minimum Gasteiger partial charge on any atom is -0.237 e. The number of hydrogen-bond acceptors (Lipinski definition) is 2. The average molecular weight is 195 g/mol. The molecule has 0 unspecified atom stereocenters. The van der Waals surface area contributed by atoms with Crippen LogP contribution in [0.3, 0.4) is 0 Å². The normalized spacial score (nSPS) is 10.8. The predicted molar refractivity (Wildman–Crippen MR) is 50.4 cm³/mol. The van der Waals surface area contributed by atoms with Crippen LogP contribution in [0.2, 0.25) is 0 Å². The molecule has 0 bridgehead atoms. The van der Waals surface area contributed by atoms with E-state index < -0.39 is 9.84 Å². The Bertz CT molecular complexity index is 443. The first-order valence-electron chi connectivity index (χ1n) is 3.81. The van der Waals surface area contributed by atoms with Crippen molar-refractivity contribution in [3.8, 4) is 0 Å². The third-order valence-electron chi connectivity index (χ3n) is 1.70. The zero-order chi connectivity index (χ0) is 9.90. The van der Waals surface area contributed by atoms with Crippen LogP contribution >= 0.6 is 0 Å². The molecule has 1 aromatic carbocycles. The summed E-state index contributed by atoms with van der Waals surface area (Å²) in [6.07, 6.45) is 0. The smallest absolute Gasteiger partial charge is 0.205 e. The SMILES string of the molecule is [C-]#[N+]c1ccccc1S(=O)(=O)CC. The molecular weight excluding hydrogens is 186 g/mol. The molecule has 0 atom stereocenters. The molecule has 0 amide bonds. The lowest BCUT2D eigenvalue weighted by Gasteiger charge is -2.02. The lowest BCUT2D eigenvalue weighted by atomic mass is 10.3. The van der Waals surface area contributed by atoms with Crippen molar-refractivity contribution in [2.75, 3.05) is 5.75 Å². The zero-order valence-corrected chi connectivity index (χ0v) is 8.00. The van der Waals surface area contributed by atoms with Crippen LogP contribution in [0.4, 0.5) is 5.69 Å². The van der Waals surface area contributed by atoms with Gasteiger partial charge in [0.25, 0.3) is 0 Å². The van der Waals surface area contributed by atoms with Crippen molar-refractivity contribution in [1.29, 1.82) is 0 Å². The summed E-state index contributed by atoms with van der Waals surface area (Å²) in [6, 6.07) is 6.25. The van der Waals surface area contributed by atoms with Crippen LogP contribution in [0, 0.1) is 6.57 Å². The highest BCUT2D eigenvalue weighted by atomic mass is 32.2. The molecule has 1 aromatic rings. The zero-order valence-electron chi connectivity index (χ0n) is 7.19. The molecule has 0 aliphatic carbocycles. The molecule has 4 heteroatoms. The quantitative estimate of drug-likeness (QED) is 0.677. The number of para-hydroxylation sites is 1. The van der Waals surface area contributed by atoms with Crippen LogP contribution in [0.1, 0.15) is 6.92 Å². The van der Waals surface area contributed by atoms with E-state index in [1.165, 1.54) is 12.1 Å². The molecule has 0 aliphatic heterocycles. The number of sulfone groups is 1. The van der Waals surface area contributed by atoms with E-state index in [1.807, 2.05) is 0 Å². The summed E-state index contributed by atoms with van der Waals surface area (Å²) >= 11 is 0. The van der Waals surface area contributed by atoms with Gasteiger partial charge in [-0.25, -0.2) is 13.3 Å². The molecule has 0 N–H and O–H groups in total. The first-order valence-corrected chi connectivity index (χ1v) is 5.46. The fourth-order valence-corrected chi connectivity index (χ4v) is 2.00. The molecule has 1 rings (SSSR count). The molecule has 0 radical (unpaired) electrons. The molecule has 0 saturated heterocycles. The molecular formula is C9H9NO2S. The first-order chi connectivity index (χ1) is 6.11. The Kier molecular flexibility index (Phi) is 2.69. The number of rotatable bonds is 2. The molecule has 68 valence electrons. The predicted octanol–water partition coefficient (Wildman–Crippen LogP) is 2.03. The first kappa shape index (κ1) is 9.75. The van der Waals surface area contributed by atoms with E-state index in [9.17, 15) is 8.42 Å². The lowest BCUT2D eigenvalue weighted by Crippen LogP contribution is -2.03. The maximum atomic E-state index is 11.4. The van der Waals surface area contributed by atoms with Crippen LogP contribution in [0.5, 0.6) is 0 Å². The fraction of sp³-hybridized carbons (Fsp3) is 0.222. The van der Waals surface area contributed by atoms with E-state index >= 15 is 0 Å². The Hall–Kier alpha value is -1.34. The van der Waals surface area contributed by atoms with Gasteiger partial charge < -0.3 is 0 Å². The van der Waals surface area contributed by atoms with Crippen molar-refractivity contribution in [1.82, 2.24) is 0 Å². The highest BCUT2D eigenvalue weighted by Crippen LogP contribution is 2.24. The van der Waals surface area contributed by atoms with Gasteiger partial charge in [-0.15, -0.1) is 0 Å². The van der Waals surface area contributed by atoms with Crippen molar-refractivity contribution in [3.05, 3.63) is 35.7 Å². The van der Waals surface area contributed by atoms with Crippen LogP contribution in [0.25, 0.3) is 4.85 Å². The molecule has 0 spiro atoms. The van der Waals surface area contributed by atoms with Crippen molar-refractivity contribution >= 4 is 15.5 Å². The van der Waals surface area contributed by atoms with E-state index in [1.54, 1.807) is 19.1 Å². The number of hydrogen-bond donors (Lipinski definition) is 0. The van der Waals surface area contributed by atoms with E-state index in [0.717, 1.165) is 0 Å². The van der Waals surface area contributed by atoms with Crippen LogP contribution < -0.4 is 0 Å². The van der Waals surface area contributed by atoms with Crippen LogP contribution in [-0.4, -0.2) is 14.2 Å². The molecule has 0 saturated carbocycles. The van der Waals surface area contributed by atoms with Gasteiger partial charge in [0.05, 0.1) is 17.2 Å². The van der Waals surface area contributed by atoms with E-state index in [-0.39, 0.29) is 16.3 Å². The van der Waals surface area contributed by atoms with E-state index in [0.29, 0.717) is 0 Å². The van der Waals surface area contributed by atoms with Crippen molar-refractivity contribution in [2.45, 2.75) is 11.8 Å². The molecule has 13 heavy (non-hydrogen) atoms. The van der Waals surface area contributed by atoms with Gasteiger partial charge >= 0.3 is 0 Å². The minimum atomic E-state index is -3.25. The van der Waals surface area contributed by atoms with Gasteiger partial charge in [-0.2, -0.15) is 0 Å². The van der Waals surface area contributed by atoms with Gasteiger partial charge in [0.15, 0.2) is 9.84 Å². The Morgan fingerprint density at radius 1 is 1.38 bits per heavy atom. The summed E-state index contributed by atoms with van der Waals surface area (Å²) < 4.78 is 22.9. The number of benzene rings is 1. The second-order valence-electron chi connectivity index (χ2n) is 2.48. The van der Waals surface area contributed by atoms with Crippen molar-refractivity contribution < 1.29 is 8.42 Å². The summed E-state index contributed by atoms with van der Waals surface area (Å²) in [7, 11) is -3.25. The third-order valence-corrected chi connectivity index (χ3v) is 3.48. The monoisotopic (exact) mass is 195 g/mol. The lowest BCUT2D eigenvalue weighted by molar-refractivity contribution is 0.597. The number of nitrogens with zero attached hydrogens (tertiary/aromatic N) is 1. The average Bonchev–Trinajstić information content (AvgIpc) is 2.18. The minimum absolute atomic E-state index is 0.0273. The van der Waals surface area contributed by atoms with Gasteiger partial charge in [0.1, 0.15) is 0 Å². The van der Waals surface area contributed by atoms with Gasteiger partial charge in [-0.1, -0.05) is 31.2 Å². The second kappa shape index (κ2) is 3.58. The second-order valence-corrected chi connectivity index (χ2v) is 4.73. The van der Waals surface area contributed by atoms with Crippen LogP contribution in [0.15, 0.2) is 29.2 Å². The van der Waals surface area contributed by atoms with Gasteiger partial charge in [0.2, 0.25) is 5.69 Å². The van der Waals surface area contributed by atoms with Gasteiger partial charge in [0, 0.05) is 0 Å². The maximum Gasteiger partial charge on any atom is 0.205 e. The standard InChI is InChI=1S/C9H9NO2S/c1-3-13(11,12)9-7-5-4-6-8(9)10-2/h4-7H,3H2,1H3. The Balaban J connectivity index is 3.40. The topological polar surface area (TPSA) is 38.5 Å². The van der Waals surface area contributed by atoms with Gasteiger partial charge in [-0.3, -0.25) is 0 Å². The molecule has 0 aliphatic rings. The summed E-state index contributed by atoms with van der Waals surface area (Å²) in [4.78, 5) is 3.29. The van der Waals surface area contributed by atoms with Crippen LogP contribution in [-0.2, 0) is 9.84 Å². The van der Waals surface area contributed by atoms with Crippen molar-refractivity contribution in [2.24, 2.45) is 0 Å². The van der Waals surface area contributed by atoms with Gasteiger partial charge in [-0.05, 0) is 0 Å². The Morgan fingerprint density at radius 3 is 2.54 bits per heavy atom. The summed E-state index contributed by atoms with van der Waals surface area (Å²) in [5, 5.41) is 0. The van der Waals surface area contributed by atoms with E-state index in [2.05, 4.69) is 4.85 Å². The molecule has 0 aromatic heterocycles. The largest absolute Gasteiger partial charge is 0.237 e. The Labute approximate surface area is 77.8 Å². The maximum absolute atomic E-state index is 11.4. The fourth-order valence-electron chi connectivity index (χ4n) is 0.968. The third kappa shape index (κ3) is 1.87. The summed E-state index contributed by atoms with van der Waals surface area (Å²) in [6.45, 7) is 8.37. The highest BCUT2D eigenvalue weighted by molar-refractivity contribution is 7.91. The molecule has 0 heterocycles. The highest BCUT2D eigenvalue weighted by Gasteiger charge is 2.15. The molecule has 3 nitrogen and oxygen atoms in total. The summed E-state index contributed by atoms with van der Waals surface area (Å²) in [5.74, 6) is 0.0273. The molecule has 0 fully saturated rings. The van der Waals surface area contributed by atoms with E-state index in [4.69, 9.17) is 6.57 Å². The van der Waals surface area contributed by atoms with Crippen molar-refractivity contribution in [3.63, 3.8) is 0 Å². The summed E-state index contributed by atoms with van der Waals surface area (Å²) in [5.41, 5.74) is 0.198. The Morgan fingerprint density at radius 2 is 2.00 bits per heavy atom.